The number of rotatable bonds is 9. The maximum absolute atomic E-state index is 13.9. The third-order valence-corrected chi connectivity index (χ3v) is 9.34. The van der Waals surface area contributed by atoms with Crippen LogP contribution in [0.5, 0.6) is 0 Å². The highest BCUT2D eigenvalue weighted by molar-refractivity contribution is 5.80. The molecule has 12 heteroatoms. The molecule has 0 aromatic heterocycles. The van der Waals surface area contributed by atoms with Gasteiger partial charge in [0.1, 0.15) is 18.5 Å². The molecule has 3 saturated heterocycles. The van der Waals surface area contributed by atoms with Crippen LogP contribution in [0.2, 0.25) is 0 Å². The number of primary amides is 1. The molecule has 8 nitrogen and oxygen atoms in total. The molecule has 3 N–H and O–H groups in total. The lowest BCUT2D eigenvalue weighted by atomic mass is 9.67. The number of amides is 1. The number of benzene rings is 1. The zero-order valence-electron chi connectivity index (χ0n) is 22.9. The van der Waals surface area contributed by atoms with Crippen LogP contribution in [0.4, 0.5) is 17.6 Å². The molecular formula is C29H37F4N5O3. The maximum Gasteiger partial charge on any atom is 0.395 e. The third-order valence-electron chi connectivity index (χ3n) is 9.34. The summed E-state index contributed by atoms with van der Waals surface area (Å²) in [4.78, 5) is 19.9. The van der Waals surface area contributed by atoms with Crippen LogP contribution in [-0.4, -0.2) is 85.6 Å². The van der Waals surface area contributed by atoms with E-state index in [1.807, 2.05) is 29.2 Å². The number of carbonyl (C=O) groups is 1. The summed E-state index contributed by atoms with van der Waals surface area (Å²) in [6.45, 7) is 2.14. The minimum atomic E-state index is -4.12. The molecule has 5 aliphatic rings. The molecule has 0 radical (unpaired) electrons. The lowest BCUT2D eigenvalue weighted by molar-refractivity contribution is -0.256. The molecule has 0 spiro atoms. The SMILES string of the molecule is NC(=O)[C@@H]1C[C@H](F)CN1C1OC1c1ccc(C2=CNC(OCC3CCN(CC4(C(F)(F)F)CCC4)CC3)C=N2)cc1. The molecule has 4 fully saturated rings. The van der Waals surface area contributed by atoms with Crippen molar-refractivity contribution in [2.24, 2.45) is 22.1 Å². The van der Waals surface area contributed by atoms with Crippen molar-refractivity contribution in [2.75, 3.05) is 32.8 Å². The maximum atomic E-state index is 13.9. The number of likely N-dealkylation sites (tertiary alicyclic amines) is 2. The van der Waals surface area contributed by atoms with Crippen LogP contribution in [0.25, 0.3) is 5.70 Å². The van der Waals surface area contributed by atoms with Crippen molar-refractivity contribution in [1.29, 1.82) is 0 Å². The van der Waals surface area contributed by atoms with Crippen molar-refractivity contribution in [2.45, 2.75) is 75.5 Å². The number of nitrogens with one attached hydrogen (secondary N) is 1. The summed E-state index contributed by atoms with van der Waals surface area (Å²) < 4.78 is 66.2. The lowest BCUT2D eigenvalue weighted by Crippen LogP contribution is -2.53. The molecule has 1 amide bonds. The first-order chi connectivity index (χ1) is 19.6. The number of ether oxygens (including phenoxy) is 2. The number of carbonyl (C=O) groups excluding carboxylic acids is 1. The fourth-order valence-corrected chi connectivity index (χ4v) is 6.56. The van der Waals surface area contributed by atoms with Crippen LogP contribution >= 0.6 is 0 Å². The number of nitrogens with two attached hydrogens (primary N) is 1. The van der Waals surface area contributed by atoms with Gasteiger partial charge in [-0.1, -0.05) is 30.7 Å². The fourth-order valence-electron chi connectivity index (χ4n) is 6.56. The standard InChI is InChI=1S/C29H37F4N5O3/c30-21-12-23(26(34)39)38(15-21)27-25(41-27)20-4-2-19(3-5-20)22-13-36-24(14-35-22)40-16-18-6-10-37(11-7-18)17-28(8-1-9-28)29(31,32)33/h2-5,13-14,18,21,23-25,27,36H,1,6-12,15-17H2,(H2,34,39)/t21-,23-,24?,25?,27?/m0/s1. The van der Waals surface area contributed by atoms with Crippen LogP contribution in [0.15, 0.2) is 35.5 Å². The minimum absolute atomic E-state index is 0.107. The molecule has 3 unspecified atom stereocenters. The van der Waals surface area contributed by atoms with E-state index in [4.69, 9.17) is 15.2 Å². The van der Waals surface area contributed by atoms with Gasteiger partial charge in [-0.3, -0.25) is 14.7 Å². The van der Waals surface area contributed by atoms with Gasteiger partial charge in [0, 0.05) is 31.3 Å². The topological polar surface area (TPSA) is 95.7 Å². The summed E-state index contributed by atoms with van der Waals surface area (Å²) >= 11 is 0. The predicted octanol–water partition coefficient (Wildman–Crippen LogP) is 3.74. The lowest BCUT2D eigenvalue weighted by Gasteiger charge is -2.47. The van der Waals surface area contributed by atoms with Gasteiger partial charge in [-0.2, -0.15) is 13.2 Å². The second kappa shape index (κ2) is 11.3. The van der Waals surface area contributed by atoms with Gasteiger partial charge in [0.15, 0.2) is 6.23 Å². The van der Waals surface area contributed by atoms with Crippen LogP contribution in [0.1, 0.15) is 55.8 Å². The zero-order valence-corrected chi connectivity index (χ0v) is 22.9. The predicted molar refractivity (Wildman–Crippen MR) is 144 cm³/mol. The van der Waals surface area contributed by atoms with Gasteiger partial charge in [-0.25, -0.2) is 4.39 Å². The molecule has 1 aliphatic carbocycles. The van der Waals surface area contributed by atoms with Crippen molar-refractivity contribution < 1.29 is 31.8 Å². The van der Waals surface area contributed by atoms with Gasteiger partial charge in [0.05, 0.1) is 30.0 Å². The Labute approximate surface area is 236 Å². The van der Waals surface area contributed by atoms with E-state index in [1.165, 1.54) is 0 Å². The van der Waals surface area contributed by atoms with E-state index in [0.717, 1.165) is 29.7 Å². The Morgan fingerprint density at radius 2 is 1.93 bits per heavy atom. The number of aliphatic imine (C=N–C) groups is 1. The molecule has 0 bridgehead atoms. The number of hydrogen-bond acceptors (Lipinski definition) is 7. The van der Waals surface area contributed by atoms with E-state index in [0.29, 0.717) is 32.0 Å². The van der Waals surface area contributed by atoms with Gasteiger partial charge >= 0.3 is 6.18 Å². The van der Waals surface area contributed by atoms with Crippen LogP contribution in [-0.2, 0) is 14.3 Å². The summed E-state index contributed by atoms with van der Waals surface area (Å²) in [5.41, 5.74) is 6.53. The number of piperidine rings is 1. The second-order valence-corrected chi connectivity index (χ2v) is 12.1. The smallest absolute Gasteiger partial charge is 0.368 e. The first-order valence-corrected chi connectivity index (χ1v) is 14.5. The van der Waals surface area contributed by atoms with Gasteiger partial charge in [0.2, 0.25) is 5.91 Å². The summed E-state index contributed by atoms with van der Waals surface area (Å²) in [5, 5.41) is 3.21. The number of epoxide rings is 1. The van der Waals surface area contributed by atoms with E-state index in [-0.39, 0.29) is 50.9 Å². The van der Waals surface area contributed by atoms with Gasteiger partial charge in [-0.15, -0.1) is 0 Å². The van der Waals surface area contributed by atoms with E-state index in [1.54, 1.807) is 17.3 Å². The van der Waals surface area contributed by atoms with Crippen LogP contribution in [0, 0.1) is 11.3 Å². The van der Waals surface area contributed by atoms with E-state index < -0.39 is 29.7 Å². The highest BCUT2D eigenvalue weighted by atomic mass is 19.4. The van der Waals surface area contributed by atoms with Crippen LogP contribution in [0.3, 0.4) is 0 Å². The van der Waals surface area contributed by atoms with Crippen molar-refractivity contribution in [3.8, 4) is 0 Å². The number of halogens is 4. The highest BCUT2D eigenvalue weighted by Gasteiger charge is 2.58. The molecule has 224 valence electrons. The summed E-state index contributed by atoms with van der Waals surface area (Å²) in [5.74, 6) is -0.218. The van der Waals surface area contributed by atoms with Gasteiger partial charge in [-0.05, 0) is 50.3 Å². The van der Waals surface area contributed by atoms with Crippen molar-refractivity contribution in [3.63, 3.8) is 0 Å². The highest BCUT2D eigenvalue weighted by Crippen LogP contribution is 2.53. The Morgan fingerprint density at radius 1 is 1.20 bits per heavy atom. The first kappa shape index (κ1) is 28.6. The van der Waals surface area contributed by atoms with Gasteiger partial charge < -0.3 is 25.4 Å². The molecule has 1 aromatic carbocycles. The molecule has 1 aromatic rings. The molecule has 1 saturated carbocycles. The van der Waals surface area contributed by atoms with Crippen molar-refractivity contribution in [3.05, 3.63) is 41.6 Å². The minimum Gasteiger partial charge on any atom is -0.368 e. The average Bonchev–Trinajstić information content (AvgIpc) is 3.63. The Bertz CT molecular complexity index is 1160. The Hall–Kier alpha value is -2.54. The number of alkyl halides is 4. The normalized spacial score (nSPS) is 32.3. The Balaban J connectivity index is 0.932. The van der Waals surface area contributed by atoms with E-state index in [2.05, 4.69) is 10.3 Å². The summed E-state index contributed by atoms with van der Waals surface area (Å²) in [7, 11) is 0. The Morgan fingerprint density at radius 3 is 2.51 bits per heavy atom. The Kier molecular flexibility index (Phi) is 7.86. The van der Waals surface area contributed by atoms with E-state index >= 15 is 0 Å². The summed E-state index contributed by atoms with van der Waals surface area (Å²) in [6, 6.07) is 7.12. The first-order valence-electron chi connectivity index (χ1n) is 14.5. The fraction of sp³-hybridized carbons (Fsp3) is 0.655. The van der Waals surface area contributed by atoms with E-state index in [9.17, 15) is 22.4 Å². The van der Waals surface area contributed by atoms with Crippen molar-refractivity contribution in [1.82, 2.24) is 15.1 Å². The quantitative estimate of drug-likeness (QED) is 0.342. The van der Waals surface area contributed by atoms with Gasteiger partial charge in [0.25, 0.3) is 0 Å². The zero-order chi connectivity index (χ0) is 28.8. The van der Waals surface area contributed by atoms with Crippen LogP contribution < -0.4 is 11.1 Å². The number of hydrogen-bond donors (Lipinski definition) is 2. The average molecular weight is 580 g/mol. The molecule has 4 heterocycles. The summed E-state index contributed by atoms with van der Waals surface area (Å²) in [6.07, 6.45) is 0.299. The third kappa shape index (κ3) is 6.02. The molecule has 5 atom stereocenters. The second-order valence-electron chi connectivity index (χ2n) is 12.1. The van der Waals surface area contributed by atoms with Crippen molar-refractivity contribution >= 4 is 17.8 Å². The number of nitrogens with zero attached hydrogens (tertiary/aromatic N) is 3. The molecular weight excluding hydrogens is 542 g/mol. The molecule has 41 heavy (non-hydrogen) atoms. The molecule has 4 aliphatic heterocycles. The monoisotopic (exact) mass is 579 g/mol. The molecule has 6 rings (SSSR count). The largest absolute Gasteiger partial charge is 0.395 e.